The van der Waals surface area contributed by atoms with Crippen molar-refractivity contribution in [2.24, 2.45) is 23.7 Å². The van der Waals surface area contributed by atoms with Crippen molar-refractivity contribution in [2.75, 3.05) is 71.5 Å². The molecule has 9 atom stereocenters. The van der Waals surface area contributed by atoms with Crippen LogP contribution in [0.25, 0.3) is 33.0 Å². The van der Waals surface area contributed by atoms with Crippen LogP contribution in [0, 0.1) is 30.6 Å². The van der Waals surface area contributed by atoms with Gasteiger partial charge in [0.25, 0.3) is 11.7 Å². The van der Waals surface area contributed by atoms with Crippen LogP contribution in [-0.4, -0.2) is 155 Å². The van der Waals surface area contributed by atoms with Crippen LogP contribution in [0.5, 0.6) is 17.2 Å². The minimum absolute atomic E-state index is 0.0349. The Labute approximate surface area is 469 Å². The molecule has 20 nitrogen and oxygen atoms in total. The Balaban J connectivity index is 1.08. The number of methoxy groups -OCH3 is 1. The fourth-order valence-corrected chi connectivity index (χ4v) is 11.4. The van der Waals surface area contributed by atoms with Gasteiger partial charge in [-0.15, -0.1) is 0 Å². The van der Waals surface area contributed by atoms with E-state index < -0.39 is 82.7 Å². The summed E-state index contributed by atoms with van der Waals surface area (Å²) in [4.78, 5) is 81.0. The number of benzene rings is 4. The molecule has 0 spiro atoms. The molecule has 5 aromatic rings. The van der Waals surface area contributed by atoms with Gasteiger partial charge in [-0.25, -0.2) is 4.98 Å². The molecule has 0 unspecified atom stereocenters. The highest BCUT2D eigenvalue weighted by molar-refractivity contribution is 6.26. The topological polar surface area (TPSA) is 249 Å². The van der Waals surface area contributed by atoms with Gasteiger partial charge in [0.2, 0.25) is 5.91 Å². The number of allylic oxidation sites excluding steroid dienone is 2. The van der Waals surface area contributed by atoms with E-state index in [0.29, 0.717) is 45.1 Å². The number of ketones is 1. The second-order valence-corrected chi connectivity index (χ2v) is 22.0. The number of anilines is 1. The average molecular weight is 1120 g/mol. The predicted octanol–water partition coefficient (Wildman–Crippen LogP) is 6.55. The lowest BCUT2D eigenvalue weighted by Gasteiger charge is -2.38. The number of aromatic hydroxyl groups is 1. The van der Waals surface area contributed by atoms with E-state index >= 15 is 4.79 Å². The van der Waals surface area contributed by atoms with E-state index in [0.717, 1.165) is 37.3 Å². The molecule has 4 aromatic carbocycles. The molecule has 9 rings (SSSR count). The number of hydrogen-bond acceptors (Lipinski definition) is 18. The van der Waals surface area contributed by atoms with Crippen LogP contribution < -0.4 is 20.2 Å². The maximum absolute atomic E-state index is 15.1. The molecule has 4 bridgehead atoms. The lowest BCUT2D eigenvalue weighted by molar-refractivity contribution is -0.160. The van der Waals surface area contributed by atoms with Crippen molar-refractivity contribution in [1.82, 2.24) is 19.7 Å². The van der Waals surface area contributed by atoms with Crippen molar-refractivity contribution in [2.45, 2.75) is 98.7 Å². The molecule has 0 aliphatic carbocycles. The average Bonchev–Trinajstić information content (AvgIpc) is 4.03. The summed E-state index contributed by atoms with van der Waals surface area (Å²) in [5.41, 5.74) is 1.05. The summed E-state index contributed by atoms with van der Waals surface area (Å²) in [6, 6.07) is 13.1. The predicted molar refractivity (Wildman–Crippen MR) is 302 cm³/mol. The molecular formula is C61H73N5O15. The number of Topliss-reactive ketones (excluding diaryl/α,β-unsaturated/α-hetero) is 1. The summed E-state index contributed by atoms with van der Waals surface area (Å²) < 4.78 is 42.7. The molecule has 4 N–H and O–H groups in total. The Hall–Kier alpha value is -7.20. The number of ether oxygens (including phenoxy) is 6. The van der Waals surface area contributed by atoms with Crippen LogP contribution in [0.1, 0.15) is 75.5 Å². The summed E-state index contributed by atoms with van der Waals surface area (Å²) in [5, 5.41) is 37.8. The molecule has 2 saturated heterocycles. The third kappa shape index (κ3) is 12.1. The molecule has 20 heteroatoms. The van der Waals surface area contributed by atoms with Crippen LogP contribution >= 0.6 is 0 Å². The third-order valence-corrected chi connectivity index (χ3v) is 16.3. The number of aromatic nitrogens is 1. The fraction of sp³-hybridized carbons (Fsp3) is 0.475. The number of morpholine rings is 1. The Morgan fingerprint density at radius 1 is 0.864 bits per heavy atom. The first kappa shape index (κ1) is 58.5. The molecular weight excluding hydrogens is 1040 g/mol. The maximum Gasteiger partial charge on any atom is 0.312 e. The molecule has 432 valence electrons. The van der Waals surface area contributed by atoms with Gasteiger partial charge < -0.3 is 58.4 Å². The molecule has 4 aliphatic heterocycles. The van der Waals surface area contributed by atoms with Crippen LogP contribution in [0.2, 0.25) is 0 Å². The molecule has 0 saturated carbocycles. The molecule has 4 aliphatic rings. The van der Waals surface area contributed by atoms with E-state index in [2.05, 4.69) is 27.2 Å². The number of phenols is 1. The van der Waals surface area contributed by atoms with E-state index in [9.17, 15) is 34.5 Å². The van der Waals surface area contributed by atoms with Crippen LogP contribution in [0.15, 0.2) is 87.8 Å². The highest BCUT2D eigenvalue weighted by atomic mass is 16.7. The number of rotatable bonds is 9. The molecule has 2 fully saturated rings. The van der Waals surface area contributed by atoms with Gasteiger partial charge >= 0.3 is 11.8 Å². The van der Waals surface area contributed by atoms with Gasteiger partial charge in [-0.1, -0.05) is 76.3 Å². The third-order valence-electron chi connectivity index (χ3n) is 16.3. The summed E-state index contributed by atoms with van der Waals surface area (Å²) >= 11 is 0. The number of hydrogen-bond donors (Lipinski definition) is 4. The van der Waals surface area contributed by atoms with Gasteiger partial charge in [-0.2, -0.15) is 0 Å². The molecule has 5 heterocycles. The normalized spacial score (nSPS) is 27.8. The number of piperazine rings is 1. The number of aliphatic hydroxyl groups excluding tert-OH is 2. The number of amides is 2. The Kier molecular flexibility index (Phi) is 17.7. The monoisotopic (exact) mass is 1120 g/mol. The number of nitrogens with zero attached hydrogens (tertiary/aromatic N) is 4. The lowest BCUT2D eigenvalue weighted by atomic mass is 9.78. The summed E-state index contributed by atoms with van der Waals surface area (Å²) in [7, 11) is 1.44. The van der Waals surface area contributed by atoms with Gasteiger partial charge in [0.1, 0.15) is 40.9 Å². The fourth-order valence-electron chi connectivity index (χ4n) is 11.4. The van der Waals surface area contributed by atoms with Gasteiger partial charge in [-0.05, 0) is 43.2 Å². The second-order valence-electron chi connectivity index (χ2n) is 22.0. The zero-order valence-electron chi connectivity index (χ0n) is 47.4. The number of carbonyl (C=O) groups is 4. The number of esters is 1. The minimum atomic E-state index is -2.10. The first-order chi connectivity index (χ1) is 38.7. The van der Waals surface area contributed by atoms with Gasteiger partial charge in [-0.3, -0.25) is 33.8 Å². The number of para-hydroxylation sites is 1. The van der Waals surface area contributed by atoms with E-state index in [1.165, 1.54) is 53.2 Å². The maximum atomic E-state index is 15.1. The zero-order chi connectivity index (χ0) is 58.0. The first-order valence-electron chi connectivity index (χ1n) is 27.6. The molecule has 81 heavy (non-hydrogen) atoms. The van der Waals surface area contributed by atoms with Crippen molar-refractivity contribution in [3.05, 3.63) is 111 Å². The summed E-state index contributed by atoms with van der Waals surface area (Å²) in [6.45, 7) is 19.3. The molecule has 2 amide bonds. The Morgan fingerprint density at radius 3 is 2.30 bits per heavy atom. The van der Waals surface area contributed by atoms with E-state index in [-0.39, 0.29) is 73.6 Å². The highest BCUT2D eigenvalue weighted by Crippen LogP contribution is 2.49. The lowest BCUT2D eigenvalue weighted by Crippen LogP contribution is -2.51. The van der Waals surface area contributed by atoms with Crippen molar-refractivity contribution in [3.63, 3.8) is 0 Å². The number of carbonyl (C=O) groups excluding carboxylic acids is 4. The first-order valence-corrected chi connectivity index (χ1v) is 27.6. The van der Waals surface area contributed by atoms with Gasteiger partial charge in [0.15, 0.2) is 22.3 Å². The summed E-state index contributed by atoms with van der Waals surface area (Å²) in [5.74, 6) is -7.09. The Bertz CT molecular complexity index is 3380. The zero-order valence-corrected chi connectivity index (χ0v) is 47.4. The van der Waals surface area contributed by atoms with Crippen molar-refractivity contribution in [3.8, 4) is 17.2 Å². The Morgan fingerprint density at radius 2 is 1.58 bits per heavy atom. The highest BCUT2D eigenvalue weighted by Gasteiger charge is 2.50. The van der Waals surface area contributed by atoms with E-state index in [1.807, 2.05) is 17.0 Å². The van der Waals surface area contributed by atoms with Crippen molar-refractivity contribution in [1.29, 1.82) is 0 Å². The van der Waals surface area contributed by atoms with Gasteiger partial charge in [0.05, 0.1) is 55.3 Å². The van der Waals surface area contributed by atoms with Crippen LogP contribution in [0.4, 0.5) is 5.69 Å². The number of fused-ring (bicyclic) bond motifs is 2. The van der Waals surface area contributed by atoms with Gasteiger partial charge in [0, 0.05) is 107 Å². The van der Waals surface area contributed by atoms with Crippen molar-refractivity contribution >= 4 is 62.2 Å². The van der Waals surface area contributed by atoms with E-state index in [1.54, 1.807) is 58.0 Å². The second kappa shape index (κ2) is 24.5. The van der Waals surface area contributed by atoms with E-state index in [4.69, 9.17) is 37.8 Å². The molecule has 1 aromatic heterocycles. The minimum Gasteiger partial charge on any atom is -0.505 e. The largest absolute Gasteiger partial charge is 0.505 e. The standard InChI is InChI=1S/C61H73N5O15/c1-33-13-10-14-34(2)60(74)63-51-55(72)47-46(48-57(38(6)54(47)71)81-61(8,59(48)73)78-26-19-42(75-9)35(3)56(79-39(7)67)37(5)53(70)36(4)52(33)69)50-58(51)80-44-18-12-17-43(49(44)62-50)77-32-41-16-11-15-40(29-41)30-64-20-22-66(23-21-64)45(68)31-65-24-27-76-28-25-65/h10-19,26,29,33,35-37,42,52-53,56,69-70,72H,20-25,27-28,30-32H2,1-9H3,(H,63,74)/b13-10+,26-19+,34-14-/t33-,35+,36+,37+,42-,52-,53+,56+,61-/m0/s1. The number of phenolic OH excluding ortho intramolecular Hbond substituents is 1. The van der Waals surface area contributed by atoms with Crippen LogP contribution in [0.3, 0.4) is 0 Å². The SMILES string of the molecule is CO[C@H]1/C=C/O[C@@]2(C)Oc3c(C)c(=O)c4c(O)c(c5oc6cccc(OCc7cccc(CN8CCN(C(=O)CN9CCOCC9)CC8)c7)c6nc5c4c3C2=O)NC(=O)/C(C)=C\C=C\[C@H](C)[C@H](O)[C@@H](C)[C@@H](O)[C@@H](C)[C@H](OC(C)=O)[C@@H]1C. The molecule has 0 radical (unpaired) electrons. The number of aliphatic hydroxyl groups is 2. The quantitative estimate of drug-likeness (QED) is 0.0528. The smallest absolute Gasteiger partial charge is 0.312 e. The summed E-state index contributed by atoms with van der Waals surface area (Å²) in [6.07, 6.45) is 3.51. The van der Waals surface area contributed by atoms with Crippen LogP contribution in [-0.2, 0) is 46.5 Å². The van der Waals surface area contributed by atoms with Crippen molar-refractivity contribution < 1.29 is 67.3 Å². The number of nitrogens with one attached hydrogen (secondary N) is 1.